The number of Topliss-reactive ketones (excluding diaryl/α,β-unsaturated/α-hetero) is 3. The number of ketones is 3. The summed E-state index contributed by atoms with van der Waals surface area (Å²) < 4.78 is 0. The molecule has 21 heavy (non-hydrogen) atoms. The molecule has 7 heteroatoms. The van der Waals surface area contributed by atoms with Crippen molar-refractivity contribution in [1.82, 2.24) is 0 Å². The molecule has 0 saturated carbocycles. The number of hydrogen-bond donors (Lipinski definition) is 2. The molecule has 1 rings (SSSR count). The van der Waals surface area contributed by atoms with Crippen molar-refractivity contribution in [2.45, 2.75) is 20.8 Å². The van der Waals surface area contributed by atoms with Crippen molar-refractivity contribution in [1.29, 1.82) is 0 Å². The highest BCUT2D eigenvalue weighted by molar-refractivity contribution is 6.20. The lowest BCUT2D eigenvalue weighted by Gasteiger charge is -2.14. The molecule has 1 aromatic carbocycles. The summed E-state index contributed by atoms with van der Waals surface area (Å²) in [6.45, 7) is 3.17. The Morgan fingerprint density at radius 1 is 0.667 bits per heavy atom. The van der Waals surface area contributed by atoms with Crippen LogP contribution in [0.15, 0.2) is 6.07 Å². The third kappa shape index (κ3) is 2.86. The molecule has 0 saturated heterocycles. The summed E-state index contributed by atoms with van der Waals surface area (Å²) in [6, 6.07) is 0.817. The Kier molecular flexibility index (Phi) is 4.37. The first-order valence-corrected chi connectivity index (χ1v) is 5.80. The van der Waals surface area contributed by atoms with Gasteiger partial charge < -0.3 is 10.2 Å². The standard InChI is InChI=1S/C14H12O7/c1-5(15)8-4-9(13(18)19)12(14(20)21)11(7(3)17)10(8)6(2)16/h4H,1-3H3,(H,18,19)(H,20,21). The third-order valence-corrected chi connectivity index (χ3v) is 2.86. The van der Waals surface area contributed by atoms with Crippen LogP contribution in [-0.2, 0) is 0 Å². The maximum absolute atomic E-state index is 11.7. The van der Waals surface area contributed by atoms with Gasteiger partial charge in [-0.05, 0) is 26.8 Å². The van der Waals surface area contributed by atoms with E-state index in [0.29, 0.717) is 0 Å². The van der Waals surface area contributed by atoms with Gasteiger partial charge in [0.1, 0.15) is 0 Å². The van der Waals surface area contributed by atoms with E-state index in [1.807, 2.05) is 0 Å². The molecule has 110 valence electrons. The SMILES string of the molecule is CC(=O)c1cc(C(=O)O)c(C(=O)O)c(C(C)=O)c1C(C)=O. The second-order valence-electron chi connectivity index (χ2n) is 4.38. The van der Waals surface area contributed by atoms with E-state index in [1.165, 1.54) is 0 Å². The van der Waals surface area contributed by atoms with Gasteiger partial charge in [0.05, 0.1) is 11.1 Å². The molecule has 0 unspecified atom stereocenters. The smallest absolute Gasteiger partial charge is 0.337 e. The summed E-state index contributed by atoms with van der Waals surface area (Å²) in [4.78, 5) is 57.5. The van der Waals surface area contributed by atoms with Crippen LogP contribution in [0.1, 0.15) is 72.6 Å². The van der Waals surface area contributed by atoms with Crippen LogP contribution in [-0.4, -0.2) is 39.5 Å². The second kappa shape index (κ2) is 5.66. The van der Waals surface area contributed by atoms with Gasteiger partial charge in [0.15, 0.2) is 17.3 Å². The average molecular weight is 292 g/mol. The predicted molar refractivity (Wildman–Crippen MR) is 70.4 cm³/mol. The molecule has 0 radical (unpaired) electrons. The molecule has 0 heterocycles. The zero-order chi connectivity index (χ0) is 16.5. The fourth-order valence-corrected chi connectivity index (χ4v) is 2.07. The van der Waals surface area contributed by atoms with E-state index in [-0.39, 0.29) is 11.1 Å². The van der Waals surface area contributed by atoms with Crippen molar-refractivity contribution >= 4 is 29.3 Å². The van der Waals surface area contributed by atoms with Crippen molar-refractivity contribution in [2.24, 2.45) is 0 Å². The number of benzene rings is 1. The maximum Gasteiger partial charge on any atom is 0.337 e. The molecule has 7 nitrogen and oxygen atoms in total. The maximum atomic E-state index is 11.7. The van der Waals surface area contributed by atoms with Crippen LogP contribution in [0, 0.1) is 0 Å². The summed E-state index contributed by atoms with van der Waals surface area (Å²) in [7, 11) is 0. The van der Waals surface area contributed by atoms with Gasteiger partial charge in [-0.3, -0.25) is 14.4 Å². The summed E-state index contributed by atoms with van der Waals surface area (Å²) >= 11 is 0. The van der Waals surface area contributed by atoms with E-state index in [4.69, 9.17) is 10.2 Å². The number of carboxylic acid groups (broad SMARTS) is 2. The number of carboxylic acids is 2. The zero-order valence-corrected chi connectivity index (χ0v) is 11.5. The van der Waals surface area contributed by atoms with E-state index in [9.17, 15) is 24.0 Å². The first-order chi connectivity index (χ1) is 9.59. The molecule has 0 aromatic heterocycles. The van der Waals surface area contributed by atoms with E-state index >= 15 is 0 Å². The summed E-state index contributed by atoms with van der Waals surface area (Å²) in [6.07, 6.45) is 0. The average Bonchev–Trinajstić information content (AvgIpc) is 2.34. The highest BCUT2D eigenvalue weighted by Crippen LogP contribution is 2.26. The Bertz CT molecular complexity index is 648. The van der Waals surface area contributed by atoms with Crippen LogP contribution in [0.25, 0.3) is 0 Å². The lowest BCUT2D eigenvalue weighted by atomic mass is 9.86. The molecule has 0 spiro atoms. The number of aromatic carboxylic acids is 2. The van der Waals surface area contributed by atoms with E-state index < -0.39 is 46.0 Å². The van der Waals surface area contributed by atoms with Crippen molar-refractivity contribution in [3.05, 3.63) is 33.9 Å². The minimum absolute atomic E-state index is 0.282. The summed E-state index contributed by atoms with van der Waals surface area (Å²) in [5.74, 6) is -5.39. The number of rotatable bonds is 5. The van der Waals surface area contributed by atoms with E-state index in [0.717, 1.165) is 26.8 Å². The first-order valence-electron chi connectivity index (χ1n) is 5.80. The number of carbonyl (C=O) groups is 5. The van der Waals surface area contributed by atoms with Gasteiger partial charge in [-0.15, -0.1) is 0 Å². The van der Waals surface area contributed by atoms with E-state index in [2.05, 4.69) is 0 Å². The van der Waals surface area contributed by atoms with Gasteiger partial charge in [-0.2, -0.15) is 0 Å². The Morgan fingerprint density at radius 3 is 1.43 bits per heavy atom. The van der Waals surface area contributed by atoms with Crippen molar-refractivity contribution in [3.8, 4) is 0 Å². The monoisotopic (exact) mass is 292 g/mol. The van der Waals surface area contributed by atoms with Gasteiger partial charge in [0, 0.05) is 16.7 Å². The predicted octanol–water partition coefficient (Wildman–Crippen LogP) is 1.69. The Morgan fingerprint density at radius 2 is 1.14 bits per heavy atom. The third-order valence-electron chi connectivity index (χ3n) is 2.86. The lowest BCUT2D eigenvalue weighted by molar-refractivity contribution is 0.0649. The van der Waals surface area contributed by atoms with Crippen molar-refractivity contribution < 1.29 is 34.2 Å². The van der Waals surface area contributed by atoms with Gasteiger partial charge in [-0.25, -0.2) is 9.59 Å². The molecule has 0 aliphatic carbocycles. The largest absolute Gasteiger partial charge is 0.478 e. The molecule has 2 N–H and O–H groups in total. The van der Waals surface area contributed by atoms with Crippen molar-refractivity contribution in [2.75, 3.05) is 0 Å². The normalized spacial score (nSPS) is 10.0. The van der Waals surface area contributed by atoms with Crippen LogP contribution < -0.4 is 0 Å². The van der Waals surface area contributed by atoms with Gasteiger partial charge >= 0.3 is 11.9 Å². The second-order valence-corrected chi connectivity index (χ2v) is 4.38. The minimum atomic E-state index is -1.66. The molecule has 0 aliphatic heterocycles. The fourth-order valence-electron chi connectivity index (χ4n) is 2.07. The van der Waals surface area contributed by atoms with Crippen LogP contribution in [0.3, 0.4) is 0 Å². The first kappa shape index (κ1) is 16.2. The van der Waals surface area contributed by atoms with Crippen LogP contribution >= 0.6 is 0 Å². The van der Waals surface area contributed by atoms with E-state index in [1.54, 1.807) is 0 Å². The zero-order valence-electron chi connectivity index (χ0n) is 11.5. The molecule has 0 fully saturated rings. The fraction of sp³-hybridized carbons (Fsp3) is 0.214. The Hall–Kier alpha value is -2.83. The Labute approximate surface area is 119 Å². The van der Waals surface area contributed by atoms with Crippen molar-refractivity contribution in [3.63, 3.8) is 0 Å². The lowest BCUT2D eigenvalue weighted by Crippen LogP contribution is -2.21. The highest BCUT2D eigenvalue weighted by Gasteiger charge is 2.30. The van der Waals surface area contributed by atoms with Crippen LogP contribution in [0.5, 0.6) is 0 Å². The Balaban J connectivity index is 4.13. The van der Waals surface area contributed by atoms with Gasteiger partial charge in [0.25, 0.3) is 0 Å². The molecular formula is C14H12O7. The molecular weight excluding hydrogens is 280 g/mol. The molecule has 0 aliphatic rings. The quantitative estimate of drug-likeness (QED) is 0.790. The molecule has 0 bridgehead atoms. The van der Waals surface area contributed by atoms with Gasteiger partial charge in [0.2, 0.25) is 0 Å². The van der Waals surface area contributed by atoms with Crippen LogP contribution in [0.4, 0.5) is 0 Å². The minimum Gasteiger partial charge on any atom is -0.478 e. The molecule has 0 atom stereocenters. The van der Waals surface area contributed by atoms with Gasteiger partial charge in [-0.1, -0.05) is 0 Å². The topological polar surface area (TPSA) is 126 Å². The molecule has 1 aromatic rings. The number of hydrogen-bond acceptors (Lipinski definition) is 5. The highest BCUT2D eigenvalue weighted by atomic mass is 16.4. The summed E-state index contributed by atoms with van der Waals surface area (Å²) in [5, 5.41) is 18.3. The summed E-state index contributed by atoms with van der Waals surface area (Å²) in [5.41, 5.74) is -2.69. The van der Waals surface area contributed by atoms with Crippen LogP contribution in [0.2, 0.25) is 0 Å². The molecule has 0 amide bonds. The number of carbonyl (C=O) groups excluding carboxylic acids is 3.